The molecule has 1 N–H and O–H groups in total. The summed E-state index contributed by atoms with van der Waals surface area (Å²) in [5.74, 6) is -1.93. The van der Waals surface area contributed by atoms with Gasteiger partial charge in [0.05, 0.1) is 12.1 Å². The summed E-state index contributed by atoms with van der Waals surface area (Å²) in [5, 5.41) is 9.49. The Kier molecular flexibility index (Phi) is 2.74. The Morgan fingerprint density at radius 3 is 2.80 bits per heavy atom. The molecule has 20 heavy (non-hydrogen) atoms. The lowest BCUT2D eigenvalue weighted by atomic mass is 10.1. The number of carbonyl (C=O) groups is 2. The molecule has 104 valence electrons. The van der Waals surface area contributed by atoms with Gasteiger partial charge in [0.1, 0.15) is 11.8 Å². The molecular formula is C14H12FNO4. The number of likely N-dealkylation sites (tertiary alicyclic amines) is 1. The van der Waals surface area contributed by atoms with Gasteiger partial charge >= 0.3 is 5.97 Å². The Morgan fingerprint density at radius 2 is 2.10 bits per heavy atom. The zero-order valence-corrected chi connectivity index (χ0v) is 10.5. The number of hydrogen-bond acceptors (Lipinski definition) is 3. The van der Waals surface area contributed by atoms with Gasteiger partial charge in [0.15, 0.2) is 0 Å². The van der Waals surface area contributed by atoms with Gasteiger partial charge in [-0.2, -0.15) is 0 Å². The van der Waals surface area contributed by atoms with Crippen LogP contribution in [0.5, 0.6) is 0 Å². The van der Waals surface area contributed by atoms with E-state index in [1.54, 1.807) is 24.3 Å². The first-order valence-corrected chi connectivity index (χ1v) is 6.19. The number of hydrogen-bond donors (Lipinski definition) is 1. The van der Waals surface area contributed by atoms with Crippen LogP contribution in [0.2, 0.25) is 0 Å². The second kappa shape index (κ2) is 4.33. The van der Waals surface area contributed by atoms with Crippen LogP contribution in [0.4, 0.5) is 4.39 Å². The summed E-state index contributed by atoms with van der Waals surface area (Å²) in [7, 11) is 0. The molecule has 1 aliphatic heterocycles. The molecular weight excluding hydrogens is 265 g/mol. The number of rotatable bonds is 2. The summed E-state index contributed by atoms with van der Waals surface area (Å²) < 4.78 is 19.3. The summed E-state index contributed by atoms with van der Waals surface area (Å²) in [6.07, 6.45) is 1.13. The molecule has 0 radical (unpaired) electrons. The van der Waals surface area contributed by atoms with Crippen molar-refractivity contribution in [1.29, 1.82) is 0 Å². The number of aliphatic carboxylic acids is 1. The van der Waals surface area contributed by atoms with E-state index < -0.39 is 24.1 Å². The number of benzene rings is 1. The van der Waals surface area contributed by atoms with Crippen LogP contribution in [-0.4, -0.2) is 40.6 Å². The minimum atomic E-state index is -2.35. The van der Waals surface area contributed by atoms with Crippen molar-refractivity contribution >= 4 is 22.8 Å². The molecule has 2 aromatic rings. The number of alkyl halides is 1. The van der Waals surface area contributed by atoms with E-state index in [2.05, 4.69) is 0 Å². The Bertz CT molecular complexity index is 695. The van der Waals surface area contributed by atoms with Crippen molar-refractivity contribution in [2.45, 2.75) is 12.1 Å². The maximum Gasteiger partial charge on any atom is 0.343 e. The summed E-state index contributed by atoms with van der Waals surface area (Å²) >= 11 is 0. The molecule has 1 atom stereocenters. The van der Waals surface area contributed by atoms with Crippen molar-refractivity contribution in [3.8, 4) is 0 Å². The first kappa shape index (κ1) is 12.7. The Hall–Kier alpha value is -2.37. The fourth-order valence-electron chi connectivity index (χ4n) is 2.43. The minimum Gasteiger partial charge on any atom is -0.479 e. The number of amides is 1. The highest BCUT2D eigenvalue weighted by atomic mass is 19.1. The second-order valence-electron chi connectivity index (χ2n) is 4.89. The fourth-order valence-corrected chi connectivity index (χ4v) is 2.43. The molecule has 1 amide bonds. The lowest BCUT2D eigenvalue weighted by molar-refractivity contribution is -0.149. The molecule has 1 unspecified atom stereocenters. The number of para-hydroxylation sites is 1. The molecule has 3 rings (SSSR count). The predicted molar refractivity (Wildman–Crippen MR) is 68.2 cm³/mol. The van der Waals surface area contributed by atoms with E-state index in [1.807, 2.05) is 0 Å². The van der Waals surface area contributed by atoms with Crippen LogP contribution < -0.4 is 0 Å². The number of halogens is 1. The normalized spacial score (nSPS) is 22.4. The van der Waals surface area contributed by atoms with Crippen molar-refractivity contribution in [3.63, 3.8) is 0 Å². The lowest BCUT2D eigenvalue weighted by Gasteiger charge is -2.17. The van der Waals surface area contributed by atoms with Crippen molar-refractivity contribution in [2.75, 3.05) is 13.1 Å². The summed E-state index contributed by atoms with van der Waals surface area (Å²) in [6, 6.07) is 7.02. The number of nitrogens with zero attached hydrogens (tertiary/aromatic N) is 1. The van der Waals surface area contributed by atoms with Gasteiger partial charge in [-0.25, -0.2) is 9.18 Å². The van der Waals surface area contributed by atoms with Crippen molar-refractivity contribution < 1.29 is 23.5 Å². The van der Waals surface area contributed by atoms with Gasteiger partial charge in [-0.3, -0.25) is 4.79 Å². The third-order valence-electron chi connectivity index (χ3n) is 3.60. The monoisotopic (exact) mass is 277 g/mol. The molecule has 0 saturated carbocycles. The zero-order chi connectivity index (χ0) is 14.3. The highest BCUT2D eigenvalue weighted by Gasteiger charge is 2.47. The maximum absolute atomic E-state index is 14.0. The molecule has 2 heterocycles. The van der Waals surface area contributed by atoms with Gasteiger partial charge < -0.3 is 14.4 Å². The average molecular weight is 277 g/mol. The molecule has 1 saturated heterocycles. The van der Waals surface area contributed by atoms with Gasteiger partial charge in [0.25, 0.3) is 5.91 Å². The Labute approximate surface area is 113 Å². The topological polar surface area (TPSA) is 70.8 Å². The Morgan fingerprint density at radius 1 is 1.35 bits per heavy atom. The van der Waals surface area contributed by atoms with Crippen LogP contribution in [0, 0.1) is 0 Å². The van der Waals surface area contributed by atoms with E-state index in [-0.39, 0.29) is 13.0 Å². The van der Waals surface area contributed by atoms with Crippen LogP contribution in [-0.2, 0) is 4.79 Å². The van der Waals surface area contributed by atoms with Crippen LogP contribution in [0.25, 0.3) is 11.0 Å². The highest BCUT2D eigenvalue weighted by molar-refractivity contribution is 6.06. The molecule has 1 aliphatic rings. The van der Waals surface area contributed by atoms with E-state index in [0.717, 1.165) is 0 Å². The fraction of sp³-hybridized carbons (Fsp3) is 0.286. The zero-order valence-electron chi connectivity index (χ0n) is 10.5. The van der Waals surface area contributed by atoms with Crippen LogP contribution in [0.15, 0.2) is 34.9 Å². The number of furan rings is 1. The first-order chi connectivity index (χ1) is 9.51. The smallest absolute Gasteiger partial charge is 0.343 e. The molecule has 0 aliphatic carbocycles. The molecule has 5 nitrogen and oxygen atoms in total. The van der Waals surface area contributed by atoms with Gasteiger partial charge in [0.2, 0.25) is 5.67 Å². The third kappa shape index (κ3) is 1.84. The van der Waals surface area contributed by atoms with Crippen molar-refractivity contribution in [3.05, 3.63) is 36.1 Å². The number of carbonyl (C=O) groups excluding carboxylic acids is 1. The molecule has 6 heteroatoms. The highest BCUT2D eigenvalue weighted by Crippen LogP contribution is 2.29. The third-order valence-corrected chi connectivity index (χ3v) is 3.60. The standard InChI is InChI=1S/C14H12FNO4/c15-14(13(18)19)5-6-16(8-14)12(17)10-7-20-11-4-2-1-3-9(10)11/h1-4,7H,5-6,8H2,(H,18,19). The van der Waals surface area contributed by atoms with Gasteiger partial charge in [-0.05, 0) is 6.07 Å². The molecule has 1 fully saturated rings. The van der Waals surface area contributed by atoms with Crippen molar-refractivity contribution in [2.24, 2.45) is 0 Å². The first-order valence-electron chi connectivity index (χ1n) is 6.19. The van der Waals surface area contributed by atoms with E-state index in [4.69, 9.17) is 9.52 Å². The predicted octanol–water partition coefficient (Wildman–Crippen LogP) is 2.07. The Balaban J connectivity index is 1.89. The van der Waals surface area contributed by atoms with Crippen LogP contribution in [0.1, 0.15) is 16.8 Å². The van der Waals surface area contributed by atoms with Crippen LogP contribution in [0.3, 0.4) is 0 Å². The lowest BCUT2D eigenvalue weighted by Crippen LogP contribution is -2.38. The van der Waals surface area contributed by atoms with E-state index in [1.165, 1.54) is 11.2 Å². The molecule has 1 aromatic heterocycles. The average Bonchev–Trinajstić information content (AvgIpc) is 3.03. The molecule has 0 spiro atoms. The molecule has 1 aromatic carbocycles. The van der Waals surface area contributed by atoms with Gasteiger partial charge in [-0.1, -0.05) is 18.2 Å². The largest absolute Gasteiger partial charge is 0.479 e. The maximum atomic E-state index is 14.0. The SMILES string of the molecule is O=C(c1coc2ccccc12)N1CCC(F)(C(=O)O)C1. The minimum absolute atomic E-state index is 0.0845. The number of fused-ring (bicyclic) bond motifs is 1. The number of carboxylic acids is 1. The summed E-state index contributed by atoms with van der Waals surface area (Å²) in [5.41, 5.74) is -1.45. The van der Waals surface area contributed by atoms with Gasteiger partial charge in [-0.15, -0.1) is 0 Å². The van der Waals surface area contributed by atoms with E-state index >= 15 is 0 Å². The van der Waals surface area contributed by atoms with E-state index in [0.29, 0.717) is 16.5 Å². The van der Waals surface area contributed by atoms with E-state index in [9.17, 15) is 14.0 Å². The quantitative estimate of drug-likeness (QED) is 0.912. The van der Waals surface area contributed by atoms with Gasteiger partial charge in [0, 0.05) is 18.4 Å². The number of carboxylic acid groups (broad SMARTS) is 1. The van der Waals surface area contributed by atoms with Crippen molar-refractivity contribution in [1.82, 2.24) is 4.90 Å². The summed E-state index contributed by atoms with van der Waals surface area (Å²) in [6.45, 7) is -0.345. The molecule has 0 bridgehead atoms. The second-order valence-corrected chi connectivity index (χ2v) is 4.89. The summed E-state index contributed by atoms with van der Waals surface area (Å²) in [4.78, 5) is 24.4. The van der Waals surface area contributed by atoms with Crippen LogP contribution >= 0.6 is 0 Å².